The summed E-state index contributed by atoms with van der Waals surface area (Å²) < 4.78 is 5.64. The van der Waals surface area contributed by atoms with Gasteiger partial charge >= 0.3 is 12.1 Å². The molecule has 2 amide bonds. The highest BCUT2D eigenvalue weighted by molar-refractivity contribution is 5.85. The van der Waals surface area contributed by atoms with Crippen molar-refractivity contribution < 1.29 is 29.3 Å². The highest BCUT2D eigenvalue weighted by Gasteiger charge is 2.41. The molecule has 0 saturated carbocycles. The number of carboxylic acid groups (broad SMARTS) is 1. The van der Waals surface area contributed by atoms with Gasteiger partial charge in [0.1, 0.15) is 12.6 Å². The number of rotatable bonds is 6. The van der Waals surface area contributed by atoms with Crippen LogP contribution in [-0.4, -0.2) is 64.4 Å². The van der Waals surface area contributed by atoms with Crippen molar-refractivity contribution in [2.75, 3.05) is 13.2 Å². The molecule has 3 atom stereocenters. The summed E-state index contributed by atoms with van der Waals surface area (Å²) in [6.45, 7) is 5.80. The molecule has 2 aliphatic rings. The lowest BCUT2D eigenvalue weighted by atomic mass is 9.84. The molecule has 1 saturated heterocycles. The van der Waals surface area contributed by atoms with Gasteiger partial charge in [0.25, 0.3) is 0 Å². The van der Waals surface area contributed by atoms with Gasteiger partial charge in [-0.1, -0.05) is 69.3 Å². The lowest BCUT2D eigenvalue weighted by Crippen LogP contribution is -2.49. The second kappa shape index (κ2) is 9.70. The molecule has 4 rings (SSSR count). The summed E-state index contributed by atoms with van der Waals surface area (Å²) in [7, 11) is 0. The molecule has 2 aromatic carbocycles. The summed E-state index contributed by atoms with van der Waals surface area (Å²) in [5.74, 6) is -1.65. The molecule has 186 valence electrons. The zero-order valence-corrected chi connectivity index (χ0v) is 20.2. The topological polar surface area (TPSA) is 116 Å². The minimum absolute atomic E-state index is 0.00106. The second-order valence-corrected chi connectivity index (χ2v) is 10.4. The van der Waals surface area contributed by atoms with Gasteiger partial charge in [0.05, 0.1) is 6.10 Å². The monoisotopic (exact) mass is 480 g/mol. The number of aliphatic carboxylic acids is 1. The largest absolute Gasteiger partial charge is 0.480 e. The van der Waals surface area contributed by atoms with Gasteiger partial charge in [-0.2, -0.15) is 0 Å². The minimum atomic E-state index is -1.15. The van der Waals surface area contributed by atoms with Gasteiger partial charge in [0.2, 0.25) is 5.91 Å². The highest BCUT2D eigenvalue weighted by Crippen LogP contribution is 2.44. The summed E-state index contributed by atoms with van der Waals surface area (Å²) in [6, 6.07) is 14.5. The Balaban J connectivity index is 1.42. The van der Waals surface area contributed by atoms with Gasteiger partial charge < -0.3 is 25.2 Å². The molecule has 0 bridgehead atoms. The van der Waals surface area contributed by atoms with Crippen LogP contribution in [0.25, 0.3) is 11.1 Å². The number of carboxylic acids is 1. The van der Waals surface area contributed by atoms with Crippen molar-refractivity contribution in [3.63, 3.8) is 0 Å². The average molecular weight is 481 g/mol. The van der Waals surface area contributed by atoms with E-state index in [4.69, 9.17) is 4.74 Å². The van der Waals surface area contributed by atoms with E-state index in [1.165, 1.54) is 4.90 Å². The Labute approximate surface area is 204 Å². The van der Waals surface area contributed by atoms with Crippen LogP contribution in [0, 0.1) is 5.41 Å². The number of ether oxygens (including phenoxy) is 1. The van der Waals surface area contributed by atoms with Crippen molar-refractivity contribution in [1.82, 2.24) is 10.2 Å². The number of alkyl carbamates (subject to hydrolysis) is 1. The molecule has 35 heavy (non-hydrogen) atoms. The number of β-amino-alcohol motifs (C(OH)–C–C–N with tert-alkyl or cyclic N) is 1. The van der Waals surface area contributed by atoms with E-state index in [1.54, 1.807) is 0 Å². The Bertz CT molecular complexity index is 1080. The third-order valence-electron chi connectivity index (χ3n) is 6.94. The molecule has 0 spiro atoms. The minimum Gasteiger partial charge on any atom is -0.480 e. The number of carbonyl (C=O) groups excluding carboxylic acids is 2. The van der Waals surface area contributed by atoms with Crippen LogP contribution in [0.4, 0.5) is 4.79 Å². The predicted molar refractivity (Wildman–Crippen MR) is 130 cm³/mol. The first-order chi connectivity index (χ1) is 16.6. The SMILES string of the molecule is CC(C)(C)C(CC(=O)N1CC(O)CC1C(=O)O)NC(=O)OCC1c2ccccc2-c2ccccc21. The molecule has 0 aromatic heterocycles. The van der Waals surface area contributed by atoms with Gasteiger partial charge in [-0.25, -0.2) is 9.59 Å². The van der Waals surface area contributed by atoms with E-state index in [9.17, 15) is 24.6 Å². The summed E-state index contributed by atoms with van der Waals surface area (Å²) >= 11 is 0. The number of aliphatic hydroxyl groups is 1. The lowest BCUT2D eigenvalue weighted by Gasteiger charge is -2.33. The molecule has 1 fully saturated rings. The number of likely N-dealkylation sites (tertiary alicyclic amines) is 1. The zero-order valence-electron chi connectivity index (χ0n) is 20.2. The first kappa shape index (κ1) is 24.7. The molecule has 3 unspecified atom stereocenters. The molecule has 1 heterocycles. The standard InChI is InChI=1S/C27H32N2O6/c1-27(2,3)23(13-24(31)29-14-16(30)12-22(29)25(32)33)28-26(34)35-15-21-19-10-6-4-8-17(19)18-9-5-7-11-20(18)21/h4-11,16,21-23,30H,12-15H2,1-3H3,(H,28,34)(H,32,33). The Kier molecular flexibility index (Phi) is 6.85. The molecular weight excluding hydrogens is 448 g/mol. The van der Waals surface area contributed by atoms with E-state index in [-0.39, 0.29) is 31.9 Å². The van der Waals surface area contributed by atoms with Gasteiger partial charge in [-0.15, -0.1) is 0 Å². The van der Waals surface area contributed by atoms with Crippen LogP contribution in [0.2, 0.25) is 0 Å². The number of nitrogens with zero attached hydrogens (tertiary/aromatic N) is 1. The van der Waals surface area contributed by atoms with E-state index in [1.807, 2.05) is 57.2 Å². The normalized spacial score (nSPS) is 20.2. The zero-order chi connectivity index (χ0) is 25.3. The van der Waals surface area contributed by atoms with Crippen molar-refractivity contribution >= 4 is 18.0 Å². The van der Waals surface area contributed by atoms with Crippen LogP contribution in [0.5, 0.6) is 0 Å². The van der Waals surface area contributed by atoms with Crippen molar-refractivity contribution in [3.8, 4) is 11.1 Å². The first-order valence-electron chi connectivity index (χ1n) is 11.9. The van der Waals surface area contributed by atoms with Crippen LogP contribution < -0.4 is 5.32 Å². The first-order valence-corrected chi connectivity index (χ1v) is 11.9. The van der Waals surface area contributed by atoms with Crippen molar-refractivity contribution in [2.45, 2.75) is 57.7 Å². The molecular formula is C27H32N2O6. The van der Waals surface area contributed by atoms with Crippen molar-refractivity contribution in [1.29, 1.82) is 0 Å². The third kappa shape index (κ3) is 5.17. The smallest absolute Gasteiger partial charge is 0.407 e. The Morgan fingerprint density at radius 2 is 1.63 bits per heavy atom. The number of aliphatic hydroxyl groups excluding tert-OH is 1. The summed E-state index contributed by atoms with van der Waals surface area (Å²) in [5.41, 5.74) is 4.00. The Morgan fingerprint density at radius 1 is 1.06 bits per heavy atom. The molecule has 8 nitrogen and oxygen atoms in total. The Morgan fingerprint density at radius 3 is 2.17 bits per heavy atom. The molecule has 1 aliphatic carbocycles. The van der Waals surface area contributed by atoms with Crippen LogP contribution in [0.1, 0.15) is 50.7 Å². The van der Waals surface area contributed by atoms with Gasteiger partial charge in [0, 0.05) is 31.3 Å². The number of amides is 2. The predicted octanol–water partition coefficient (Wildman–Crippen LogP) is 3.38. The van der Waals surface area contributed by atoms with E-state index < -0.39 is 41.6 Å². The fourth-order valence-electron chi connectivity index (χ4n) is 4.97. The molecule has 1 aliphatic heterocycles. The van der Waals surface area contributed by atoms with E-state index in [2.05, 4.69) is 17.4 Å². The molecule has 0 radical (unpaired) electrons. The number of hydrogen-bond donors (Lipinski definition) is 3. The number of benzene rings is 2. The van der Waals surface area contributed by atoms with Crippen molar-refractivity contribution in [3.05, 3.63) is 59.7 Å². The Hall–Kier alpha value is -3.39. The fraction of sp³-hybridized carbons (Fsp3) is 0.444. The molecule has 3 N–H and O–H groups in total. The maximum atomic E-state index is 12.9. The maximum absolute atomic E-state index is 12.9. The molecule has 8 heteroatoms. The number of hydrogen-bond acceptors (Lipinski definition) is 5. The lowest BCUT2D eigenvalue weighted by molar-refractivity contribution is -0.148. The summed E-state index contributed by atoms with van der Waals surface area (Å²) in [5, 5.41) is 22.1. The van der Waals surface area contributed by atoms with Gasteiger partial charge in [0.15, 0.2) is 0 Å². The van der Waals surface area contributed by atoms with Crippen LogP contribution in [-0.2, 0) is 14.3 Å². The van der Waals surface area contributed by atoms with E-state index >= 15 is 0 Å². The number of fused-ring (bicyclic) bond motifs is 3. The fourth-order valence-corrected chi connectivity index (χ4v) is 4.97. The highest BCUT2D eigenvalue weighted by atomic mass is 16.5. The van der Waals surface area contributed by atoms with E-state index in [0.717, 1.165) is 22.3 Å². The van der Waals surface area contributed by atoms with Gasteiger partial charge in [-0.3, -0.25) is 4.79 Å². The van der Waals surface area contributed by atoms with Crippen LogP contribution in [0.15, 0.2) is 48.5 Å². The number of carbonyl (C=O) groups is 3. The quantitative estimate of drug-likeness (QED) is 0.584. The maximum Gasteiger partial charge on any atom is 0.407 e. The van der Waals surface area contributed by atoms with E-state index in [0.29, 0.717) is 0 Å². The van der Waals surface area contributed by atoms with Crippen LogP contribution >= 0.6 is 0 Å². The van der Waals surface area contributed by atoms with Crippen LogP contribution in [0.3, 0.4) is 0 Å². The van der Waals surface area contributed by atoms with Crippen molar-refractivity contribution in [2.24, 2.45) is 5.41 Å². The average Bonchev–Trinajstić information content (AvgIpc) is 3.35. The second-order valence-electron chi connectivity index (χ2n) is 10.4. The third-order valence-corrected chi connectivity index (χ3v) is 6.94. The summed E-state index contributed by atoms with van der Waals surface area (Å²) in [4.78, 5) is 38.5. The summed E-state index contributed by atoms with van der Waals surface area (Å²) in [6.07, 6.45) is -1.59. The number of nitrogens with one attached hydrogen (secondary N) is 1. The molecule has 2 aromatic rings. The van der Waals surface area contributed by atoms with Gasteiger partial charge in [-0.05, 0) is 27.7 Å².